The molecule has 4 aliphatic rings. The molecule has 6 heterocycles. The Labute approximate surface area is 748 Å². The number of para-hydroxylation sites is 2. The first-order valence-electron chi connectivity index (χ1n) is 43.5. The second-order valence-electron chi connectivity index (χ2n) is 32.7. The van der Waals surface area contributed by atoms with Crippen molar-refractivity contribution in [2.45, 2.75) is 220 Å². The number of phenols is 1. The number of likely N-dealkylation sites (N-methyl/N-ethyl adjacent to an activating group) is 2. The molecule has 14 atom stereocenters. The van der Waals surface area contributed by atoms with E-state index >= 15 is 28.8 Å². The number of nitrogens with zero attached hydrogens (tertiary/aromatic N) is 5. The average Bonchev–Trinajstić information content (AvgIpc) is 1.77. The molecular formula is C86H120N22O20S. The molecule has 129 heavy (non-hydrogen) atoms. The van der Waals surface area contributed by atoms with Crippen molar-refractivity contribution in [2.24, 2.45) is 28.7 Å². The molecule has 43 heteroatoms. The van der Waals surface area contributed by atoms with Gasteiger partial charge in [0.15, 0.2) is 0 Å². The van der Waals surface area contributed by atoms with E-state index in [1.165, 1.54) is 43.3 Å². The van der Waals surface area contributed by atoms with E-state index in [1.54, 1.807) is 60.9 Å². The number of carbonyl (C=O) groups excluding carboxylic acids is 17. The van der Waals surface area contributed by atoms with E-state index in [0.29, 0.717) is 64.2 Å². The molecule has 4 aliphatic heterocycles. The van der Waals surface area contributed by atoms with Crippen molar-refractivity contribution in [1.82, 2.24) is 87.6 Å². The van der Waals surface area contributed by atoms with Gasteiger partial charge in [-0.25, -0.2) is 0 Å². The molecule has 4 saturated heterocycles. The van der Waals surface area contributed by atoms with Crippen molar-refractivity contribution in [1.29, 1.82) is 0 Å². The molecule has 4 fully saturated rings. The zero-order chi connectivity index (χ0) is 93.9. The molecule has 5 aromatic rings. The fraction of sp³-hybridized carbons (Fsp3) is 0.535. The van der Waals surface area contributed by atoms with Crippen LogP contribution < -0.4 is 81.8 Å². The Bertz CT molecular complexity index is 4890. The van der Waals surface area contributed by atoms with Crippen molar-refractivity contribution in [3.8, 4) is 5.75 Å². The minimum Gasteiger partial charge on any atom is -0.508 e. The number of hydrogen-bond acceptors (Lipinski definition) is 23. The number of amides is 17. The van der Waals surface area contributed by atoms with Crippen LogP contribution >= 0.6 is 11.8 Å². The first-order valence-corrected chi connectivity index (χ1v) is 44.6. The number of fused-ring (bicyclic) bond motifs is 5. The summed E-state index contributed by atoms with van der Waals surface area (Å²) in [6, 6.07) is -1.51. The van der Waals surface area contributed by atoms with Gasteiger partial charge in [0, 0.05) is 112 Å². The summed E-state index contributed by atoms with van der Waals surface area (Å²) >= 11 is 0.766. The topological polar surface area (TPSA) is 646 Å². The third kappa shape index (κ3) is 26.9. The summed E-state index contributed by atoms with van der Waals surface area (Å²) in [5.74, 6) is -18.3. The minimum atomic E-state index is -1.88. The second-order valence-corrected chi connectivity index (χ2v) is 33.8. The number of aromatic hydroxyl groups is 1. The van der Waals surface area contributed by atoms with E-state index in [1.807, 2.05) is 13.8 Å². The van der Waals surface area contributed by atoms with Crippen LogP contribution in [0, 0.1) is 0 Å². The van der Waals surface area contributed by atoms with Crippen LogP contribution in [0.25, 0.3) is 21.8 Å². The van der Waals surface area contributed by atoms with Gasteiger partial charge >= 0.3 is 5.97 Å². The summed E-state index contributed by atoms with van der Waals surface area (Å²) in [5, 5.41) is 47.9. The average molecular weight is 1810 g/mol. The molecule has 3 aromatic carbocycles. The molecule has 17 amide bonds. The van der Waals surface area contributed by atoms with Crippen molar-refractivity contribution >= 4 is 140 Å². The van der Waals surface area contributed by atoms with Gasteiger partial charge < -0.3 is 127 Å². The van der Waals surface area contributed by atoms with Crippen molar-refractivity contribution < 1.29 is 96.5 Å². The van der Waals surface area contributed by atoms with Gasteiger partial charge in [0.2, 0.25) is 100 Å². The van der Waals surface area contributed by atoms with Gasteiger partial charge in [-0.2, -0.15) is 0 Å². The standard InChI is InChI=1S/C86H120N22O20S/c1-5-7-20-64-78(120)101-62(41-89)77(119)103-63(73(115)94-44-70(91)111)45-129-46-71(112)95-58(36-47-25-27-50(109)28-26-47)84(126)107-34-14-23-66(107)80(122)100-60(39-72(113)114)85(127)108-35-15-24-67(108)81(123)102-61(40-88)76(118)97-56(29-30-69(90)110)83(125)106-33-13-22-65(106)79(121)98-57(37-48-42-92-53-18-11-9-16-51(48)53)75(117)96-55(31-32-87)74(116)99-59(38-49-43-93-54-19-12-10-17-52(49)54)82(124)105(4)68(21-8-6-2)86(128)104(64)3/h9-12,16-19,25-28,42-43,55-68,92-93,109H,5-8,13-15,20-24,29-41,44-46,87-89H2,1-4H3,(H2,90,110)(H2,91,111)(H,94,115)(H,95,112)(H,96,117)(H,97,118)(H,98,121)(H,99,116)(H,100,122)(H,101,120)(H,102,123)(H,103,119)(H,113,114)/t55-,56-,57-,58-,59-,60-,61-,62-,63-,64-,65-,66-,67-,68-/m0/s1. The van der Waals surface area contributed by atoms with E-state index in [9.17, 15) is 67.7 Å². The first kappa shape index (κ1) is 100.0. The Kier molecular flexibility index (Phi) is 37.1. The summed E-state index contributed by atoms with van der Waals surface area (Å²) in [6.07, 6.45) is 2.60. The number of nitrogens with two attached hydrogens (primary N) is 5. The Morgan fingerprint density at radius 1 is 0.465 bits per heavy atom. The molecule has 0 bridgehead atoms. The number of unbranched alkanes of at least 4 members (excludes halogenated alkanes) is 2. The number of H-pyrrole nitrogens is 2. The number of nitrogens with one attached hydrogen (secondary N) is 12. The van der Waals surface area contributed by atoms with Crippen LogP contribution in [0.2, 0.25) is 0 Å². The number of carboxylic acids is 1. The van der Waals surface area contributed by atoms with Gasteiger partial charge in [0.25, 0.3) is 0 Å². The largest absolute Gasteiger partial charge is 0.508 e. The SMILES string of the molecule is CCCC[C@H]1C(=O)N(C)[C@@H](CCCC)C(=O)N[C@@H](CN)C(=O)N[C@H](C(=O)NCC(N)=O)CSCC(=O)N[C@@H](Cc2ccc(O)cc2)C(=O)N2CCC[C@H]2C(=O)N[C@@H](CC(=O)O)C(=O)N2CCC[C@H]2C(=O)N[C@@H](CN)C(=O)N[C@@H](CCC(N)=O)C(=O)N2CCC[C@H]2C(=O)N[C@@H](Cc2c[nH]c3ccccc23)C(=O)N[C@@H](CCN)C(=O)N[C@@H](Cc2c[nH]c3ccccc23)C(=O)N1C. The van der Waals surface area contributed by atoms with Crippen LogP contribution in [0.5, 0.6) is 5.75 Å². The predicted octanol–water partition coefficient (Wildman–Crippen LogP) is -3.89. The van der Waals surface area contributed by atoms with Gasteiger partial charge in [0.1, 0.15) is 90.3 Å². The number of primary amides is 2. The normalized spacial score (nSPS) is 25.2. The number of aromatic nitrogens is 2. The van der Waals surface area contributed by atoms with Crippen molar-refractivity contribution in [3.05, 3.63) is 102 Å². The summed E-state index contributed by atoms with van der Waals surface area (Å²) in [7, 11) is 2.72. The molecule has 700 valence electrons. The molecule has 0 saturated carbocycles. The maximum Gasteiger partial charge on any atom is 0.305 e. The molecule has 0 unspecified atom stereocenters. The fourth-order valence-corrected chi connectivity index (χ4v) is 17.4. The lowest BCUT2D eigenvalue weighted by molar-refractivity contribution is -0.149. The van der Waals surface area contributed by atoms with E-state index in [4.69, 9.17) is 28.7 Å². The van der Waals surface area contributed by atoms with Crippen LogP contribution in [0.1, 0.15) is 133 Å². The minimum absolute atomic E-state index is 0.00315. The number of thioether (sulfide) groups is 1. The highest BCUT2D eigenvalue weighted by Gasteiger charge is 2.46. The first-order chi connectivity index (χ1) is 61.7. The fourth-order valence-electron chi connectivity index (χ4n) is 16.6. The molecule has 0 radical (unpaired) electrons. The van der Waals surface area contributed by atoms with Gasteiger partial charge in [-0.1, -0.05) is 88.1 Å². The number of aliphatic carboxylic acids is 1. The number of rotatable bonds is 24. The lowest BCUT2D eigenvalue weighted by Crippen LogP contribution is -2.62. The highest BCUT2D eigenvalue weighted by Crippen LogP contribution is 2.28. The number of hydrogen-bond donors (Lipinski definition) is 19. The Hall–Kier alpha value is -12.8. The van der Waals surface area contributed by atoms with Gasteiger partial charge in [0.05, 0.1) is 18.7 Å². The van der Waals surface area contributed by atoms with E-state index in [-0.39, 0.29) is 109 Å². The zero-order valence-electron chi connectivity index (χ0n) is 72.7. The van der Waals surface area contributed by atoms with Crippen LogP contribution in [0.15, 0.2) is 85.2 Å². The number of carbonyl (C=O) groups is 18. The van der Waals surface area contributed by atoms with E-state index in [0.717, 1.165) is 31.4 Å². The van der Waals surface area contributed by atoms with E-state index in [2.05, 4.69) is 63.1 Å². The van der Waals surface area contributed by atoms with Crippen LogP contribution in [-0.4, -0.2) is 307 Å². The maximum atomic E-state index is 15.7. The van der Waals surface area contributed by atoms with Gasteiger partial charge in [-0.05, 0) is 112 Å². The Balaban J connectivity index is 1.07. The summed E-state index contributed by atoms with van der Waals surface area (Å²) in [6.45, 7) is 1.18. The van der Waals surface area contributed by atoms with Crippen LogP contribution in [-0.2, 0) is 106 Å². The second kappa shape index (κ2) is 47.9. The summed E-state index contributed by atoms with van der Waals surface area (Å²) < 4.78 is 0. The molecular weight excluding hydrogens is 1690 g/mol. The molecule has 24 N–H and O–H groups in total. The third-order valence-corrected chi connectivity index (χ3v) is 24.6. The highest BCUT2D eigenvalue weighted by atomic mass is 32.2. The van der Waals surface area contributed by atoms with Crippen molar-refractivity contribution in [2.75, 3.05) is 71.4 Å². The third-order valence-electron chi connectivity index (χ3n) is 23.6. The maximum absolute atomic E-state index is 15.7. The molecule has 2 aromatic heterocycles. The predicted molar refractivity (Wildman–Crippen MR) is 472 cm³/mol. The van der Waals surface area contributed by atoms with Crippen LogP contribution in [0.4, 0.5) is 0 Å². The number of benzene rings is 3. The summed E-state index contributed by atoms with van der Waals surface area (Å²) in [4.78, 5) is 272. The van der Waals surface area contributed by atoms with E-state index < -0.39 is 241 Å². The molecule has 0 spiro atoms. The molecule has 9 rings (SSSR count). The number of aromatic amines is 2. The quantitative estimate of drug-likeness (QED) is 0.0281. The van der Waals surface area contributed by atoms with Gasteiger partial charge in [-0.15, -0.1) is 11.8 Å². The number of carboxylic acid groups (broad SMARTS) is 1. The lowest BCUT2D eigenvalue weighted by Gasteiger charge is -2.36. The summed E-state index contributed by atoms with van der Waals surface area (Å²) in [5.41, 5.74) is 32.4. The molecule has 0 aliphatic carbocycles. The lowest BCUT2D eigenvalue weighted by atomic mass is 10.00. The molecule has 42 nitrogen and oxygen atoms in total. The Morgan fingerprint density at radius 3 is 1.43 bits per heavy atom. The Morgan fingerprint density at radius 2 is 0.907 bits per heavy atom. The number of phenolic OH excluding ortho intramolecular Hbond substituents is 1. The van der Waals surface area contributed by atoms with Gasteiger partial charge in [-0.3, -0.25) is 86.3 Å². The zero-order valence-corrected chi connectivity index (χ0v) is 73.6. The van der Waals surface area contributed by atoms with Crippen LogP contribution in [0.3, 0.4) is 0 Å². The smallest absolute Gasteiger partial charge is 0.305 e. The highest BCUT2D eigenvalue weighted by molar-refractivity contribution is 8.00. The monoisotopic (exact) mass is 1810 g/mol. The van der Waals surface area contributed by atoms with Crippen molar-refractivity contribution in [3.63, 3.8) is 0 Å².